The summed E-state index contributed by atoms with van der Waals surface area (Å²) in [6.07, 6.45) is 0.734. The largest absolute Gasteiger partial charge is 0.279 e. The van der Waals surface area contributed by atoms with Gasteiger partial charge >= 0.3 is 0 Å². The van der Waals surface area contributed by atoms with Crippen molar-refractivity contribution in [3.8, 4) is 5.40 Å². The highest BCUT2D eigenvalue weighted by Crippen LogP contribution is 2.23. The predicted octanol–water partition coefficient (Wildman–Crippen LogP) is 2.37. The van der Waals surface area contributed by atoms with Gasteiger partial charge in [0, 0.05) is 11.8 Å². The zero-order valence-electron chi connectivity index (χ0n) is 7.33. The molecule has 13 heavy (non-hydrogen) atoms. The lowest BCUT2D eigenvalue weighted by molar-refractivity contribution is 0.109. The molecule has 1 heterocycles. The van der Waals surface area contributed by atoms with Gasteiger partial charge in [0.1, 0.15) is 10.3 Å². The summed E-state index contributed by atoms with van der Waals surface area (Å²) in [5.74, 6) is 0. The van der Waals surface area contributed by atoms with Crippen molar-refractivity contribution >= 4 is 28.2 Å². The molecule has 0 unspecified atom stereocenters. The van der Waals surface area contributed by atoms with Crippen LogP contribution in [-0.4, -0.2) is 10.1 Å². The van der Waals surface area contributed by atoms with Crippen molar-refractivity contribution in [3.63, 3.8) is 0 Å². The number of hydrogen-bond donors (Lipinski definition) is 0. The maximum Gasteiger partial charge on any atom is 0.245 e. The molecule has 3 nitrogen and oxygen atoms in total. The van der Waals surface area contributed by atoms with Crippen molar-refractivity contribution in [2.24, 2.45) is 0 Å². The van der Waals surface area contributed by atoms with Crippen LogP contribution in [0.1, 0.15) is 27.3 Å². The van der Waals surface area contributed by atoms with Crippen molar-refractivity contribution in [1.29, 1.82) is 5.26 Å². The molecule has 68 valence electrons. The molecule has 0 spiro atoms. The number of thiazole rings is 1. The second-order valence-corrected chi connectivity index (χ2v) is 4.30. The molecule has 0 fully saturated rings. The fourth-order valence-electron chi connectivity index (χ4n) is 0.957. The van der Waals surface area contributed by atoms with Crippen molar-refractivity contribution in [2.45, 2.75) is 20.3 Å². The predicted molar refractivity (Wildman–Crippen MR) is 53.8 cm³/mol. The normalized spacial score (nSPS) is 9.62. The van der Waals surface area contributed by atoms with Gasteiger partial charge in [0.05, 0.1) is 10.7 Å². The van der Waals surface area contributed by atoms with E-state index >= 15 is 0 Å². The maximum atomic E-state index is 11.3. The quantitative estimate of drug-likeness (QED) is 0.706. The van der Waals surface area contributed by atoms with Crippen LogP contribution in [-0.2, 0) is 6.42 Å². The average Bonchev–Trinajstić information content (AvgIpc) is 2.47. The van der Waals surface area contributed by atoms with Gasteiger partial charge in [-0.2, -0.15) is 5.26 Å². The number of aromatic nitrogens is 1. The third-order valence-electron chi connectivity index (χ3n) is 1.46. The van der Waals surface area contributed by atoms with Crippen LogP contribution in [0.3, 0.4) is 0 Å². The van der Waals surface area contributed by atoms with E-state index in [2.05, 4.69) is 4.98 Å². The first-order chi connectivity index (χ1) is 6.19. The second-order valence-electron chi connectivity index (χ2n) is 2.34. The smallest absolute Gasteiger partial charge is 0.245 e. The number of hydrogen-bond acceptors (Lipinski definition) is 5. The lowest BCUT2D eigenvalue weighted by atomic mass is 10.3. The monoisotopic (exact) mass is 212 g/mol. The minimum Gasteiger partial charge on any atom is -0.279 e. The van der Waals surface area contributed by atoms with Gasteiger partial charge < -0.3 is 0 Å². The Morgan fingerprint density at radius 3 is 3.00 bits per heavy atom. The van der Waals surface area contributed by atoms with Gasteiger partial charge in [0.25, 0.3) is 0 Å². The van der Waals surface area contributed by atoms with Gasteiger partial charge in [-0.05, 0) is 13.3 Å². The third kappa shape index (κ3) is 2.29. The Balaban J connectivity index is 2.99. The van der Waals surface area contributed by atoms with Crippen molar-refractivity contribution in [3.05, 3.63) is 15.6 Å². The molecule has 0 amide bonds. The molecule has 0 atom stereocenters. The van der Waals surface area contributed by atoms with Crippen LogP contribution in [0.4, 0.5) is 0 Å². The molecule has 0 radical (unpaired) electrons. The first-order valence-electron chi connectivity index (χ1n) is 3.75. The molecule has 1 aromatic rings. The van der Waals surface area contributed by atoms with E-state index in [4.69, 9.17) is 5.26 Å². The van der Waals surface area contributed by atoms with Crippen molar-refractivity contribution in [1.82, 2.24) is 4.98 Å². The SMILES string of the molecule is CCc1nc(C)sc1C(=O)SC#N. The molecule has 0 N–H and O–H groups in total. The minimum absolute atomic E-state index is 0.190. The fourth-order valence-corrected chi connectivity index (χ4v) is 2.34. The Morgan fingerprint density at radius 1 is 1.77 bits per heavy atom. The zero-order chi connectivity index (χ0) is 9.84. The highest BCUT2D eigenvalue weighted by molar-refractivity contribution is 8.18. The van der Waals surface area contributed by atoms with Crippen LogP contribution >= 0.6 is 23.1 Å². The van der Waals surface area contributed by atoms with Crippen LogP contribution in [0.25, 0.3) is 0 Å². The van der Waals surface area contributed by atoms with Crippen LogP contribution in [0.5, 0.6) is 0 Å². The van der Waals surface area contributed by atoms with E-state index in [1.165, 1.54) is 11.3 Å². The summed E-state index contributed by atoms with van der Waals surface area (Å²) in [5, 5.41) is 10.8. The maximum absolute atomic E-state index is 11.3. The van der Waals surface area contributed by atoms with Crippen molar-refractivity contribution < 1.29 is 4.79 Å². The Bertz CT molecular complexity index is 365. The van der Waals surface area contributed by atoms with E-state index in [1.807, 2.05) is 13.8 Å². The summed E-state index contributed by atoms with van der Waals surface area (Å²) >= 11 is 2.02. The number of thiocyanates is 1. The van der Waals surface area contributed by atoms with Gasteiger partial charge in [-0.3, -0.25) is 4.79 Å². The summed E-state index contributed by atoms with van der Waals surface area (Å²) in [4.78, 5) is 16.2. The molecule has 0 saturated carbocycles. The molecular weight excluding hydrogens is 204 g/mol. The average molecular weight is 212 g/mol. The van der Waals surface area contributed by atoms with Gasteiger partial charge in [-0.25, -0.2) is 4.98 Å². The minimum atomic E-state index is -0.190. The standard InChI is InChI=1S/C8H8N2OS2/c1-3-6-7(8(11)12-4-9)13-5(2)10-6/h3H2,1-2H3. The Morgan fingerprint density at radius 2 is 2.46 bits per heavy atom. The molecular formula is C8H8N2OS2. The van der Waals surface area contributed by atoms with Crippen molar-refractivity contribution in [2.75, 3.05) is 0 Å². The van der Waals surface area contributed by atoms with Gasteiger partial charge in [0.2, 0.25) is 5.12 Å². The summed E-state index contributed by atoms with van der Waals surface area (Å²) in [6.45, 7) is 3.81. The molecule has 0 saturated heterocycles. The highest BCUT2D eigenvalue weighted by Gasteiger charge is 2.15. The van der Waals surface area contributed by atoms with Crippen LogP contribution in [0.15, 0.2) is 0 Å². The summed E-state index contributed by atoms with van der Waals surface area (Å²) in [7, 11) is 0. The number of carbonyl (C=O) groups is 1. The molecule has 0 aliphatic heterocycles. The van der Waals surface area contributed by atoms with Gasteiger partial charge in [-0.1, -0.05) is 6.92 Å². The van der Waals surface area contributed by atoms with Crippen LogP contribution in [0.2, 0.25) is 0 Å². The zero-order valence-corrected chi connectivity index (χ0v) is 8.96. The second kappa shape index (κ2) is 4.40. The van der Waals surface area contributed by atoms with E-state index in [-0.39, 0.29) is 5.12 Å². The van der Waals surface area contributed by atoms with E-state index in [0.717, 1.165) is 17.1 Å². The van der Waals surface area contributed by atoms with E-state index in [9.17, 15) is 4.79 Å². The topological polar surface area (TPSA) is 53.8 Å². The Hall–Kier alpha value is -0.860. The molecule has 0 aliphatic rings. The molecule has 1 rings (SSSR count). The Kier molecular flexibility index (Phi) is 3.46. The number of aryl methyl sites for hydroxylation is 2. The van der Waals surface area contributed by atoms with E-state index < -0.39 is 0 Å². The molecule has 0 bridgehead atoms. The first kappa shape index (κ1) is 10.2. The lowest BCUT2D eigenvalue weighted by Crippen LogP contribution is -1.93. The fraction of sp³-hybridized carbons (Fsp3) is 0.375. The molecule has 1 aromatic heterocycles. The number of nitrogens with zero attached hydrogens (tertiary/aromatic N) is 2. The van der Waals surface area contributed by atoms with E-state index in [0.29, 0.717) is 16.6 Å². The van der Waals surface area contributed by atoms with Gasteiger partial charge in [0.15, 0.2) is 0 Å². The number of nitriles is 1. The lowest BCUT2D eigenvalue weighted by Gasteiger charge is -1.92. The molecule has 0 aliphatic carbocycles. The number of rotatable bonds is 2. The van der Waals surface area contributed by atoms with Crippen LogP contribution < -0.4 is 0 Å². The van der Waals surface area contributed by atoms with Crippen LogP contribution in [0, 0.1) is 17.6 Å². The Labute approximate surface area is 84.8 Å². The summed E-state index contributed by atoms with van der Waals surface area (Å²) < 4.78 is 0. The highest BCUT2D eigenvalue weighted by atomic mass is 32.2. The first-order valence-corrected chi connectivity index (χ1v) is 5.39. The van der Waals surface area contributed by atoms with E-state index in [1.54, 1.807) is 5.40 Å². The van der Waals surface area contributed by atoms with Gasteiger partial charge in [-0.15, -0.1) is 11.3 Å². The summed E-state index contributed by atoms with van der Waals surface area (Å²) in [6, 6.07) is 0. The number of carbonyl (C=O) groups excluding carboxylic acids is 1. The summed E-state index contributed by atoms with van der Waals surface area (Å²) in [5.41, 5.74) is 0.801. The molecule has 0 aromatic carbocycles. The molecule has 5 heteroatoms. The third-order valence-corrected chi connectivity index (χ3v) is 3.08. The number of thioether (sulfide) groups is 1.